The second kappa shape index (κ2) is 3.52. The summed E-state index contributed by atoms with van der Waals surface area (Å²) in [6.45, 7) is 7.09. The average Bonchev–Trinajstić information content (AvgIpc) is 2.08. The van der Waals surface area contributed by atoms with E-state index < -0.39 is 8.07 Å². The van der Waals surface area contributed by atoms with Crippen LogP contribution in [-0.4, -0.2) is 8.07 Å². The fourth-order valence-corrected chi connectivity index (χ4v) is 2.07. The van der Waals surface area contributed by atoms with E-state index in [9.17, 15) is 0 Å². The van der Waals surface area contributed by atoms with Crippen LogP contribution in [0.15, 0.2) is 24.3 Å². The molecule has 1 aromatic carbocycles. The second-order valence-corrected chi connectivity index (χ2v) is 8.50. The maximum absolute atomic E-state index is 2.36. The Morgan fingerprint density at radius 3 is 1.60 bits per heavy atom. The van der Waals surface area contributed by atoms with Crippen molar-refractivity contribution in [2.24, 2.45) is 0 Å². The van der Waals surface area contributed by atoms with E-state index in [4.69, 9.17) is 0 Å². The van der Waals surface area contributed by atoms with Gasteiger partial charge in [-0.3, -0.25) is 0 Å². The van der Waals surface area contributed by atoms with Crippen LogP contribution in [0.5, 0.6) is 0 Å². The van der Waals surface area contributed by atoms with Crippen molar-refractivity contribution in [2.75, 3.05) is 0 Å². The van der Waals surface area contributed by atoms with Gasteiger partial charge in [-0.2, -0.15) is 17.3 Å². The molecule has 50 valence electrons. The quantitative estimate of drug-likeness (QED) is 0.349. The van der Waals surface area contributed by atoms with Crippen LogP contribution >= 0.6 is 0 Å². The fraction of sp³-hybridized carbons (Fsp3) is 0.375. The molecule has 0 radical (unpaired) electrons. The summed E-state index contributed by atoms with van der Waals surface area (Å²) in [6.07, 6.45) is 0. The third-order valence-electron chi connectivity index (χ3n) is 1.53. The summed E-state index contributed by atoms with van der Waals surface area (Å²) in [7, 11) is -0.981. The van der Waals surface area contributed by atoms with Crippen LogP contribution in [0.4, 0.5) is 0 Å². The van der Waals surface area contributed by atoms with Gasteiger partial charge < -0.3 is 0 Å². The van der Waals surface area contributed by atoms with Gasteiger partial charge >= 0.3 is 18.9 Å². The van der Waals surface area contributed by atoms with Gasteiger partial charge in [-0.1, -0.05) is 19.6 Å². The summed E-state index contributed by atoms with van der Waals surface area (Å²) in [5, 5.41) is 1.56. The van der Waals surface area contributed by atoms with Crippen molar-refractivity contribution >= 4 is 13.3 Å². The van der Waals surface area contributed by atoms with Crippen molar-refractivity contribution in [3.05, 3.63) is 24.3 Å². The third kappa shape index (κ3) is 2.42. The Balaban J connectivity index is 0.000000810. The van der Waals surface area contributed by atoms with Gasteiger partial charge in [-0.15, -0.1) is 0 Å². The molecule has 0 N–H and O–H groups in total. The van der Waals surface area contributed by atoms with Crippen LogP contribution in [0.25, 0.3) is 0 Å². The minimum atomic E-state index is -0.981. The SMILES string of the molecule is C[Si](C)(C)[c-]1cccc1.[Li+]. The molecule has 0 aliphatic rings. The van der Waals surface area contributed by atoms with E-state index in [-0.39, 0.29) is 18.9 Å². The van der Waals surface area contributed by atoms with Crippen molar-refractivity contribution < 1.29 is 18.9 Å². The predicted molar refractivity (Wildman–Crippen MR) is 45.0 cm³/mol. The first kappa shape index (κ1) is 10.2. The molecule has 0 aromatic heterocycles. The maximum atomic E-state index is 2.36. The Labute approximate surface area is 76.2 Å². The van der Waals surface area contributed by atoms with Crippen LogP contribution in [0.3, 0.4) is 0 Å². The van der Waals surface area contributed by atoms with E-state index >= 15 is 0 Å². The molecule has 1 aromatic rings. The Kier molecular flexibility index (Phi) is 3.58. The van der Waals surface area contributed by atoms with Gasteiger partial charge in [-0.25, -0.2) is 12.1 Å². The summed E-state index contributed by atoms with van der Waals surface area (Å²) < 4.78 is 0. The van der Waals surface area contributed by atoms with E-state index in [0.29, 0.717) is 0 Å². The Hall–Kier alpha value is 0.164. The molecule has 0 aliphatic heterocycles. The first-order valence-electron chi connectivity index (χ1n) is 3.33. The molecule has 1 rings (SSSR count). The first-order chi connectivity index (χ1) is 4.11. The van der Waals surface area contributed by atoms with Crippen LogP contribution in [0, 0.1) is 0 Å². The number of hydrogen-bond donors (Lipinski definition) is 0. The molecular weight excluding hydrogens is 131 g/mol. The molecular formula is C8H13LiSi. The van der Waals surface area contributed by atoms with E-state index in [1.807, 2.05) is 0 Å². The number of rotatable bonds is 1. The van der Waals surface area contributed by atoms with Crippen molar-refractivity contribution in [3.8, 4) is 0 Å². The molecule has 0 heterocycles. The van der Waals surface area contributed by atoms with E-state index in [1.165, 1.54) is 0 Å². The van der Waals surface area contributed by atoms with Gasteiger partial charge in [0.1, 0.15) is 0 Å². The fourth-order valence-electron chi connectivity index (χ4n) is 0.874. The largest absolute Gasteiger partial charge is 1.00 e. The molecule has 0 atom stereocenters. The molecule has 0 unspecified atom stereocenters. The van der Waals surface area contributed by atoms with Crippen molar-refractivity contribution in [1.29, 1.82) is 0 Å². The Bertz CT molecular complexity index is 172. The van der Waals surface area contributed by atoms with Gasteiger partial charge in [0, 0.05) is 8.07 Å². The molecule has 10 heavy (non-hydrogen) atoms. The van der Waals surface area contributed by atoms with Crippen LogP contribution < -0.4 is 24.0 Å². The van der Waals surface area contributed by atoms with Crippen LogP contribution in [-0.2, 0) is 0 Å². The van der Waals surface area contributed by atoms with Gasteiger partial charge in [-0.05, 0) is 0 Å². The number of hydrogen-bond acceptors (Lipinski definition) is 0. The third-order valence-corrected chi connectivity index (χ3v) is 3.59. The van der Waals surface area contributed by atoms with Gasteiger partial charge in [0.2, 0.25) is 0 Å². The molecule has 0 saturated heterocycles. The average molecular weight is 144 g/mol. The predicted octanol–water partition coefficient (Wildman–Crippen LogP) is -1.05. The normalized spacial score (nSPS) is 10.7. The molecule has 0 saturated carbocycles. The van der Waals surface area contributed by atoms with E-state index in [2.05, 4.69) is 43.9 Å². The summed E-state index contributed by atoms with van der Waals surface area (Å²) in [6, 6.07) is 8.69. The molecule has 0 amide bonds. The molecule has 2 heteroatoms. The summed E-state index contributed by atoms with van der Waals surface area (Å²) in [5.74, 6) is 0. The van der Waals surface area contributed by atoms with Crippen LogP contribution in [0.1, 0.15) is 0 Å². The first-order valence-corrected chi connectivity index (χ1v) is 6.83. The summed E-state index contributed by atoms with van der Waals surface area (Å²) >= 11 is 0. The van der Waals surface area contributed by atoms with Crippen molar-refractivity contribution in [3.63, 3.8) is 0 Å². The zero-order valence-corrected chi connectivity index (χ0v) is 8.31. The zero-order chi connectivity index (χ0) is 6.91. The molecule has 0 fully saturated rings. The van der Waals surface area contributed by atoms with Gasteiger partial charge in [0.05, 0.1) is 0 Å². The zero-order valence-electron chi connectivity index (χ0n) is 7.31. The van der Waals surface area contributed by atoms with Crippen molar-refractivity contribution in [1.82, 2.24) is 0 Å². The Morgan fingerprint density at radius 1 is 1.00 bits per heavy atom. The molecule has 0 bridgehead atoms. The minimum Gasteiger partial charge on any atom is -0.214 e. The van der Waals surface area contributed by atoms with Gasteiger partial charge in [0.15, 0.2) is 0 Å². The second-order valence-electron chi connectivity index (χ2n) is 3.42. The monoisotopic (exact) mass is 144 g/mol. The maximum Gasteiger partial charge on any atom is 1.00 e. The van der Waals surface area contributed by atoms with E-state index in [0.717, 1.165) is 0 Å². The van der Waals surface area contributed by atoms with Crippen molar-refractivity contribution in [2.45, 2.75) is 19.6 Å². The molecule has 0 spiro atoms. The minimum absolute atomic E-state index is 0. The molecule has 0 aliphatic carbocycles. The summed E-state index contributed by atoms with van der Waals surface area (Å²) in [4.78, 5) is 0. The standard InChI is InChI=1S/C8H13Si.Li/c1-9(2,3)8-6-4-5-7-8;/h4-7H,1-3H3;/q-1;+1. The molecule has 0 nitrogen and oxygen atoms in total. The topological polar surface area (TPSA) is 0 Å². The van der Waals surface area contributed by atoms with Gasteiger partial charge in [0.25, 0.3) is 0 Å². The van der Waals surface area contributed by atoms with E-state index in [1.54, 1.807) is 5.19 Å². The van der Waals surface area contributed by atoms with Crippen LogP contribution in [0.2, 0.25) is 19.6 Å². The summed E-state index contributed by atoms with van der Waals surface area (Å²) in [5.41, 5.74) is 0. The smallest absolute Gasteiger partial charge is 0.214 e. The Morgan fingerprint density at radius 2 is 1.40 bits per heavy atom.